The maximum atomic E-state index is 12.6. The van der Waals surface area contributed by atoms with Crippen molar-refractivity contribution in [2.75, 3.05) is 14.1 Å². The molecule has 0 aromatic heterocycles. The Hall–Kier alpha value is -0.110. The van der Waals surface area contributed by atoms with Gasteiger partial charge < -0.3 is 4.90 Å². The zero-order valence-corrected chi connectivity index (χ0v) is 6.81. The van der Waals surface area contributed by atoms with Gasteiger partial charge in [0.25, 0.3) is 0 Å². The first-order valence-corrected chi connectivity index (χ1v) is 4.00. The lowest BCUT2D eigenvalue weighted by atomic mass is 9.93. The van der Waals surface area contributed by atoms with Crippen LogP contribution in [0.1, 0.15) is 25.7 Å². The van der Waals surface area contributed by atoms with Crippen LogP contribution in [0.2, 0.25) is 0 Å². The van der Waals surface area contributed by atoms with E-state index >= 15 is 0 Å². The predicted molar refractivity (Wildman–Crippen MR) is 40.8 cm³/mol. The van der Waals surface area contributed by atoms with Gasteiger partial charge in [-0.25, -0.2) is 4.39 Å². The van der Waals surface area contributed by atoms with Crippen LogP contribution in [0.4, 0.5) is 4.39 Å². The number of rotatable bonds is 1. The van der Waals surface area contributed by atoms with Gasteiger partial charge in [0.15, 0.2) is 0 Å². The van der Waals surface area contributed by atoms with Crippen molar-refractivity contribution >= 4 is 0 Å². The third kappa shape index (κ3) is 1.94. The lowest BCUT2D eigenvalue weighted by Crippen LogP contribution is -2.32. The zero-order valence-electron chi connectivity index (χ0n) is 6.81. The Morgan fingerprint density at radius 3 is 2.00 bits per heavy atom. The van der Waals surface area contributed by atoms with E-state index in [1.54, 1.807) is 0 Å². The van der Waals surface area contributed by atoms with Gasteiger partial charge in [-0.05, 0) is 39.8 Å². The summed E-state index contributed by atoms with van der Waals surface area (Å²) in [5, 5.41) is 0. The van der Waals surface area contributed by atoms with Crippen molar-refractivity contribution in [3.8, 4) is 0 Å². The molecule has 1 saturated carbocycles. The third-order valence-corrected chi connectivity index (χ3v) is 2.36. The molecule has 1 rings (SSSR count). The lowest BCUT2D eigenvalue weighted by Gasteiger charge is -2.29. The highest BCUT2D eigenvalue weighted by Crippen LogP contribution is 2.23. The van der Waals surface area contributed by atoms with E-state index in [1.807, 2.05) is 0 Å². The van der Waals surface area contributed by atoms with E-state index in [4.69, 9.17) is 0 Å². The van der Waals surface area contributed by atoms with Crippen LogP contribution in [-0.4, -0.2) is 31.2 Å². The second-order valence-corrected chi connectivity index (χ2v) is 3.37. The van der Waals surface area contributed by atoms with E-state index in [2.05, 4.69) is 19.0 Å². The van der Waals surface area contributed by atoms with E-state index in [-0.39, 0.29) is 0 Å². The molecule has 0 amide bonds. The highest BCUT2D eigenvalue weighted by atomic mass is 19.1. The zero-order chi connectivity index (χ0) is 7.56. The Labute approximate surface area is 62.2 Å². The number of halogens is 1. The van der Waals surface area contributed by atoms with E-state index < -0.39 is 6.17 Å². The molecule has 1 aliphatic carbocycles. The van der Waals surface area contributed by atoms with Crippen molar-refractivity contribution in [3.63, 3.8) is 0 Å². The van der Waals surface area contributed by atoms with Crippen molar-refractivity contribution in [1.29, 1.82) is 0 Å². The molecule has 0 radical (unpaired) electrons. The predicted octanol–water partition coefficient (Wildman–Crippen LogP) is 1.83. The molecular weight excluding hydrogens is 129 g/mol. The van der Waals surface area contributed by atoms with Crippen LogP contribution in [0.3, 0.4) is 0 Å². The van der Waals surface area contributed by atoms with E-state index in [9.17, 15) is 4.39 Å². The lowest BCUT2D eigenvalue weighted by molar-refractivity contribution is 0.162. The first-order chi connectivity index (χ1) is 4.70. The van der Waals surface area contributed by atoms with Gasteiger partial charge in [0.2, 0.25) is 0 Å². The molecule has 0 heterocycles. The van der Waals surface area contributed by atoms with Gasteiger partial charge in [0.05, 0.1) is 0 Å². The summed E-state index contributed by atoms with van der Waals surface area (Å²) in [5.41, 5.74) is 0. The Morgan fingerprint density at radius 1 is 1.10 bits per heavy atom. The average molecular weight is 145 g/mol. The molecule has 0 bridgehead atoms. The molecular formula is C8H16FN. The quantitative estimate of drug-likeness (QED) is 0.544. The molecule has 60 valence electrons. The number of nitrogens with zero attached hydrogens (tertiary/aromatic N) is 1. The number of alkyl halides is 1. The maximum Gasteiger partial charge on any atom is 0.100 e. The average Bonchev–Trinajstić information content (AvgIpc) is 1.88. The molecule has 0 aromatic rings. The van der Waals surface area contributed by atoms with Gasteiger partial charge in [0, 0.05) is 6.04 Å². The van der Waals surface area contributed by atoms with Crippen molar-refractivity contribution in [2.24, 2.45) is 0 Å². The molecule has 0 N–H and O–H groups in total. The van der Waals surface area contributed by atoms with Gasteiger partial charge in [-0.15, -0.1) is 0 Å². The van der Waals surface area contributed by atoms with Gasteiger partial charge in [-0.1, -0.05) is 0 Å². The minimum atomic E-state index is -0.517. The van der Waals surface area contributed by atoms with Crippen LogP contribution >= 0.6 is 0 Å². The summed E-state index contributed by atoms with van der Waals surface area (Å²) >= 11 is 0. The van der Waals surface area contributed by atoms with Crippen molar-refractivity contribution in [1.82, 2.24) is 4.90 Å². The minimum Gasteiger partial charge on any atom is -0.306 e. The molecule has 0 saturated heterocycles. The summed E-state index contributed by atoms with van der Waals surface area (Å²) in [7, 11) is 4.15. The highest BCUT2D eigenvalue weighted by Gasteiger charge is 2.21. The summed E-state index contributed by atoms with van der Waals surface area (Å²) < 4.78 is 12.6. The Morgan fingerprint density at radius 2 is 1.60 bits per heavy atom. The van der Waals surface area contributed by atoms with Gasteiger partial charge in [-0.2, -0.15) is 0 Å². The van der Waals surface area contributed by atoms with Crippen molar-refractivity contribution in [2.45, 2.75) is 37.9 Å². The summed E-state index contributed by atoms with van der Waals surface area (Å²) in [4.78, 5) is 2.20. The molecule has 1 fully saturated rings. The van der Waals surface area contributed by atoms with Crippen molar-refractivity contribution in [3.05, 3.63) is 0 Å². The number of hydrogen-bond donors (Lipinski definition) is 0. The smallest absolute Gasteiger partial charge is 0.100 e. The molecule has 10 heavy (non-hydrogen) atoms. The minimum absolute atomic E-state index is 0.517. The molecule has 0 atom stereocenters. The molecule has 0 aliphatic heterocycles. The Balaban J connectivity index is 2.26. The third-order valence-electron chi connectivity index (χ3n) is 2.36. The van der Waals surface area contributed by atoms with Gasteiger partial charge in [0.1, 0.15) is 6.17 Å². The molecule has 1 nitrogen and oxygen atoms in total. The fourth-order valence-corrected chi connectivity index (χ4v) is 1.55. The Bertz CT molecular complexity index is 95.4. The van der Waals surface area contributed by atoms with Crippen LogP contribution in [0.5, 0.6) is 0 Å². The molecule has 1 aliphatic rings. The first kappa shape index (κ1) is 7.99. The maximum absolute atomic E-state index is 12.6. The Kier molecular flexibility index (Phi) is 2.66. The van der Waals surface area contributed by atoms with Gasteiger partial charge >= 0.3 is 0 Å². The molecule has 2 heteroatoms. The summed E-state index contributed by atoms with van der Waals surface area (Å²) in [5.74, 6) is 0. The van der Waals surface area contributed by atoms with E-state index in [0.29, 0.717) is 6.04 Å². The summed E-state index contributed by atoms with van der Waals surface area (Å²) in [6.07, 6.45) is 3.09. The monoisotopic (exact) mass is 145 g/mol. The fraction of sp³-hybridized carbons (Fsp3) is 1.00. The van der Waals surface area contributed by atoms with E-state index in [1.165, 1.54) is 0 Å². The molecule has 0 spiro atoms. The summed E-state index contributed by atoms with van der Waals surface area (Å²) in [6.45, 7) is 0. The van der Waals surface area contributed by atoms with Crippen LogP contribution < -0.4 is 0 Å². The molecule has 0 unspecified atom stereocenters. The SMILES string of the molecule is CN(C)C1CCC(F)CC1. The molecule has 0 aromatic carbocycles. The normalized spacial score (nSPS) is 34.8. The van der Waals surface area contributed by atoms with E-state index in [0.717, 1.165) is 25.7 Å². The summed E-state index contributed by atoms with van der Waals surface area (Å²) in [6, 6.07) is 0.631. The van der Waals surface area contributed by atoms with Crippen LogP contribution in [0.15, 0.2) is 0 Å². The largest absolute Gasteiger partial charge is 0.306 e. The van der Waals surface area contributed by atoms with Crippen LogP contribution in [0, 0.1) is 0 Å². The van der Waals surface area contributed by atoms with Crippen LogP contribution in [-0.2, 0) is 0 Å². The van der Waals surface area contributed by atoms with Crippen molar-refractivity contribution < 1.29 is 4.39 Å². The standard InChI is InChI=1S/C8H16FN/c1-10(2)8-5-3-7(9)4-6-8/h7-8H,3-6H2,1-2H3. The fourth-order valence-electron chi connectivity index (χ4n) is 1.55. The first-order valence-electron chi connectivity index (χ1n) is 4.00. The van der Waals surface area contributed by atoms with Gasteiger partial charge in [-0.3, -0.25) is 0 Å². The topological polar surface area (TPSA) is 3.24 Å². The second kappa shape index (κ2) is 3.33. The second-order valence-electron chi connectivity index (χ2n) is 3.37. The number of hydrogen-bond acceptors (Lipinski definition) is 1. The highest BCUT2D eigenvalue weighted by molar-refractivity contribution is 4.76. The van der Waals surface area contributed by atoms with Crippen LogP contribution in [0.25, 0.3) is 0 Å².